The Morgan fingerprint density at radius 1 is 1.43 bits per heavy atom. The molecule has 114 valence electrons. The summed E-state index contributed by atoms with van der Waals surface area (Å²) in [6.07, 6.45) is 2.92. The van der Waals surface area contributed by atoms with E-state index in [0.29, 0.717) is 23.7 Å². The molecular formula is C15H21N3O3. The quantitative estimate of drug-likeness (QED) is 0.597. The summed E-state index contributed by atoms with van der Waals surface area (Å²) in [5, 5.41) is 17.1. The van der Waals surface area contributed by atoms with Crippen molar-refractivity contribution in [3.8, 4) is 0 Å². The topological polar surface area (TPSA) is 84.3 Å². The van der Waals surface area contributed by atoms with Crippen LogP contribution in [0.2, 0.25) is 0 Å². The van der Waals surface area contributed by atoms with Gasteiger partial charge in [-0.1, -0.05) is 20.3 Å². The normalized spacial score (nSPS) is 19.9. The number of nitrogens with zero attached hydrogens (tertiary/aromatic N) is 1. The molecule has 0 radical (unpaired) electrons. The van der Waals surface area contributed by atoms with Gasteiger partial charge in [0.05, 0.1) is 4.92 Å². The summed E-state index contributed by atoms with van der Waals surface area (Å²) in [6.45, 7) is 4.74. The third-order valence-corrected chi connectivity index (χ3v) is 3.79. The monoisotopic (exact) mass is 291 g/mol. The van der Waals surface area contributed by atoms with Crippen LogP contribution in [0.25, 0.3) is 0 Å². The first-order chi connectivity index (χ1) is 10.1. The third kappa shape index (κ3) is 3.71. The van der Waals surface area contributed by atoms with Crippen LogP contribution >= 0.6 is 0 Å². The standard InChI is InChI=1S/C15H21N3O3/c1-3-7-16-12-6-5-11(9-14(12)18(20)21)15(19)17-13-8-10(13)4-2/h5-6,9-10,13,16H,3-4,7-8H2,1-2H3,(H,17,19). The van der Waals surface area contributed by atoms with E-state index in [-0.39, 0.29) is 17.6 Å². The molecule has 2 atom stereocenters. The van der Waals surface area contributed by atoms with Crippen molar-refractivity contribution in [2.45, 2.75) is 39.2 Å². The predicted molar refractivity (Wildman–Crippen MR) is 81.5 cm³/mol. The minimum Gasteiger partial charge on any atom is -0.380 e. The lowest BCUT2D eigenvalue weighted by atomic mass is 10.1. The highest BCUT2D eigenvalue weighted by Gasteiger charge is 2.36. The number of nitro groups is 1. The second-order valence-electron chi connectivity index (χ2n) is 5.40. The van der Waals surface area contributed by atoms with E-state index in [1.807, 2.05) is 6.92 Å². The van der Waals surface area contributed by atoms with Crippen molar-refractivity contribution >= 4 is 17.3 Å². The zero-order valence-electron chi connectivity index (χ0n) is 12.4. The Labute approximate surface area is 124 Å². The third-order valence-electron chi connectivity index (χ3n) is 3.79. The van der Waals surface area contributed by atoms with Gasteiger partial charge in [0.2, 0.25) is 0 Å². The van der Waals surface area contributed by atoms with Crippen molar-refractivity contribution in [2.24, 2.45) is 5.92 Å². The summed E-state index contributed by atoms with van der Waals surface area (Å²) < 4.78 is 0. The smallest absolute Gasteiger partial charge is 0.293 e. The second-order valence-corrected chi connectivity index (χ2v) is 5.40. The molecule has 1 aliphatic carbocycles. The van der Waals surface area contributed by atoms with Gasteiger partial charge in [0.15, 0.2) is 0 Å². The Hall–Kier alpha value is -2.11. The first-order valence-corrected chi connectivity index (χ1v) is 7.40. The predicted octanol–water partition coefficient (Wildman–Crippen LogP) is 2.95. The number of hydrogen-bond donors (Lipinski definition) is 2. The lowest BCUT2D eigenvalue weighted by Crippen LogP contribution is -2.26. The molecule has 2 N–H and O–H groups in total. The Bertz CT molecular complexity index is 545. The Kier molecular flexibility index (Phi) is 4.77. The van der Waals surface area contributed by atoms with Crippen LogP contribution in [-0.4, -0.2) is 23.4 Å². The summed E-state index contributed by atoms with van der Waals surface area (Å²) in [5.41, 5.74) is 0.737. The van der Waals surface area contributed by atoms with Crippen molar-refractivity contribution in [3.63, 3.8) is 0 Å². The lowest BCUT2D eigenvalue weighted by molar-refractivity contribution is -0.384. The van der Waals surface area contributed by atoms with Crippen molar-refractivity contribution in [1.82, 2.24) is 5.32 Å². The number of anilines is 1. The zero-order chi connectivity index (χ0) is 15.4. The maximum atomic E-state index is 12.1. The van der Waals surface area contributed by atoms with Crippen LogP contribution in [0.3, 0.4) is 0 Å². The molecule has 6 heteroatoms. The first-order valence-electron chi connectivity index (χ1n) is 7.40. The van der Waals surface area contributed by atoms with Gasteiger partial charge in [0, 0.05) is 24.2 Å². The van der Waals surface area contributed by atoms with Crippen LogP contribution in [0, 0.1) is 16.0 Å². The molecule has 21 heavy (non-hydrogen) atoms. The fourth-order valence-corrected chi connectivity index (χ4v) is 2.36. The van der Waals surface area contributed by atoms with Gasteiger partial charge in [-0.25, -0.2) is 0 Å². The van der Waals surface area contributed by atoms with Crippen LogP contribution in [0.5, 0.6) is 0 Å². The Morgan fingerprint density at radius 2 is 2.19 bits per heavy atom. The number of nitro benzene ring substituents is 1. The van der Waals surface area contributed by atoms with Gasteiger partial charge < -0.3 is 10.6 Å². The molecule has 0 aromatic heterocycles. The molecule has 1 aromatic carbocycles. The number of rotatable bonds is 7. The molecule has 1 saturated carbocycles. The number of benzene rings is 1. The Balaban J connectivity index is 2.11. The summed E-state index contributed by atoms with van der Waals surface area (Å²) in [6, 6.07) is 4.80. The van der Waals surface area contributed by atoms with Gasteiger partial charge in [-0.15, -0.1) is 0 Å². The number of amides is 1. The average molecular weight is 291 g/mol. The van der Waals surface area contributed by atoms with Crippen molar-refractivity contribution in [2.75, 3.05) is 11.9 Å². The number of hydrogen-bond acceptors (Lipinski definition) is 4. The molecule has 1 amide bonds. The maximum absolute atomic E-state index is 12.1. The van der Waals surface area contributed by atoms with E-state index < -0.39 is 4.92 Å². The van der Waals surface area contributed by atoms with Crippen LogP contribution in [0.1, 0.15) is 43.5 Å². The molecule has 0 bridgehead atoms. The van der Waals surface area contributed by atoms with Gasteiger partial charge >= 0.3 is 0 Å². The van der Waals surface area contributed by atoms with Crippen LogP contribution in [0.15, 0.2) is 18.2 Å². The van der Waals surface area contributed by atoms with E-state index in [4.69, 9.17) is 0 Å². The minimum atomic E-state index is -0.458. The van der Waals surface area contributed by atoms with E-state index in [1.165, 1.54) is 6.07 Å². The van der Waals surface area contributed by atoms with Crippen molar-refractivity contribution < 1.29 is 9.72 Å². The van der Waals surface area contributed by atoms with Crippen LogP contribution in [-0.2, 0) is 0 Å². The fraction of sp³-hybridized carbons (Fsp3) is 0.533. The molecule has 6 nitrogen and oxygen atoms in total. The molecule has 1 aliphatic rings. The molecular weight excluding hydrogens is 270 g/mol. The van der Waals surface area contributed by atoms with E-state index in [2.05, 4.69) is 17.6 Å². The molecule has 0 heterocycles. The van der Waals surface area contributed by atoms with E-state index >= 15 is 0 Å². The fourth-order valence-electron chi connectivity index (χ4n) is 2.36. The molecule has 0 spiro atoms. The maximum Gasteiger partial charge on any atom is 0.293 e. The lowest BCUT2D eigenvalue weighted by Gasteiger charge is -2.08. The van der Waals surface area contributed by atoms with Gasteiger partial charge in [0.1, 0.15) is 5.69 Å². The number of nitrogens with one attached hydrogen (secondary N) is 2. The van der Waals surface area contributed by atoms with Crippen LogP contribution in [0.4, 0.5) is 11.4 Å². The van der Waals surface area contributed by atoms with Crippen molar-refractivity contribution in [1.29, 1.82) is 0 Å². The average Bonchev–Trinajstić information content (AvgIpc) is 3.22. The molecule has 1 aromatic rings. The summed E-state index contributed by atoms with van der Waals surface area (Å²) in [7, 11) is 0. The summed E-state index contributed by atoms with van der Waals surface area (Å²) in [5.74, 6) is 0.315. The van der Waals surface area contributed by atoms with Crippen LogP contribution < -0.4 is 10.6 Å². The molecule has 2 unspecified atom stereocenters. The zero-order valence-corrected chi connectivity index (χ0v) is 12.4. The number of carbonyl (C=O) groups excluding carboxylic acids is 1. The van der Waals surface area contributed by atoms with Gasteiger partial charge in [-0.2, -0.15) is 0 Å². The SMILES string of the molecule is CCCNc1ccc(C(=O)NC2CC2CC)cc1[N+](=O)[O-]. The molecule has 0 saturated heterocycles. The van der Waals surface area contributed by atoms with E-state index in [9.17, 15) is 14.9 Å². The van der Waals surface area contributed by atoms with Crippen molar-refractivity contribution in [3.05, 3.63) is 33.9 Å². The summed E-state index contributed by atoms with van der Waals surface area (Å²) >= 11 is 0. The van der Waals surface area contributed by atoms with Gasteiger partial charge in [-0.05, 0) is 30.9 Å². The highest BCUT2D eigenvalue weighted by atomic mass is 16.6. The van der Waals surface area contributed by atoms with Gasteiger partial charge in [-0.3, -0.25) is 14.9 Å². The molecule has 2 rings (SSSR count). The largest absolute Gasteiger partial charge is 0.380 e. The Morgan fingerprint density at radius 3 is 2.76 bits per heavy atom. The first kappa shape index (κ1) is 15.3. The highest BCUT2D eigenvalue weighted by Crippen LogP contribution is 2.33. The summed E-state index contributed by atoms with van der Waals surface area (Å²) in [4.78, 5) is 22.8. The second kappa shape index (κ2) is 6.56. The van der Waals surface area contributed by atoms with Gasteiger partial charge in [0.25, 0.3) is 11.6 Å². The molecule has 1 fully saturated rings. The number of carbonyl (C=O) groups is 1. The molecule has 0 aliphatic heterocycles. The highest BCUT2D eigenvalue weighted by molar-refractivity contribution is 5.96. The minimum absolute atomic E-state index is 0.0565. The van der Waals surface area contributed by atoms with E-state index in [0.717, 1.165) is 19.3 Å². The van der Waals surface area contributed by atoms with E-state index in [1.54, 1.807) is 12.1 Å².